The SMILES string of the molecule is O=C(NC1CCN(CCc2ccccc2)CC1)N1CCCC(n2cncn2)C1. The number of amides is 2. The second-order valence-electron chi connectivity index (χ2n) is 7.92. The number of hydrogen-bond donors (Lipinski definition) is 1. The quantitative estimate of drug-likeness (QED) is 0.862. The zero-order valence-corrected chi connectivity index (χ0v) is 16.4. The third kappa shape index (κ3) is 4.90. The molecule has 28 heavy (non-hydrogen) atoms. The first-order valence-corrected chi connectivity index (χ1v) is 10.4. The Labute approximate surface area is 166 Å². The van der Waals surface area contributed by atoms with Crippen molar-refractivity contribution >= 4 is 6.03 Å². The number of urea groups is 1. The molecule has 7 heteroatoms. The van der Waals surface area contributed by atoms with Crippen molar-refractivity contribution in [3.8, 4) is 0 Å². The molecule has 0 bridgehead atoms. The monoisotopic (exact) mass is 382 g/mol. The summed E-state index contributed by atoms with van der Waals surface area (Å²) in [5, 5.41) is 7.50. The van der Waals surface area contributed by atoms with Crippen LogP contribution in [0.5, 0.6) is 0 Å². The topological polar surface area (TPSA) is 66.3 Å². The van der Waals surface area contributed by atoms with Crippen molar-refractivity contribution in [1.29, 1.82) is 0 Å². The normalized spacial score (nSPS) is 21.6. The van der Waals surface area contributed by atoms with Crippen LogP contribution in [0.1, 0.15) is 37.3 Å². The smallest absolute Gasteiger partial charge is 0.317 e. The van der Waals surface area contributed by atoms with Gasteiger partial charge >= 0.3 is 6.03 Å². The first kappa shape index (κ1) is 18.9. The number of carbonyl (C=O) groups excluding carboxylic acids is 1. The third-order valence-electron chi connectivity index (χ3n) is 5.97. The van der Waals surface area contributed by atoms with Gasteiger partial charge in [-0.15, -0.1) is 0 Å². The maximum absolute atomic E-state index is 12.7. The third-order valence-corrected chi connectivity index (χ3v) is 5.97. The van der Waals surface area contributed by atoms with Crippen molar-refractivity contribution in [2.24, 2.45) is 0 Å². The average molecular weight is 383 g/mol. The summed E-state index contributed by atoms with van der Waals surface area (Å²) < 4.78 is 1.88. The average Bonchev–Trinajstić information content (AvgIpc) is 3.29. The second-order valence-corrected chi connectivity index (χ2v) is 7.92. The van der Waals surface area contributed by atoms with Crippen LogP contribution in [-0.4, -0.2) is 69.4 Å². The molecule has 7 nitrogen and oxygen atoms in total. The molecular weight excluding hydrogens is 352 g/mol. The number of aromatic nitrogens is 3. The molecule has 150 valence electrons. The number of rotatable bonds is 5. The molecule has 1 atom stereocenters. The van der Waals surface area contributed by atoms with Gasteiger partial charge in [0.05, 0.1) is 6.04 Å². The van der Waals surface area contributed by atoms with E-state index in [9.17, 15) is 4.79 Å². The molecule has 0 saturated carbocycles. The van der Waals surface area contributed by atoms with Crippen LogP contribution < -0.4 is 5.32 Å². The lowest BCUT2D eigenvalue weighted by atomic mass is 10.0. The van der Waals surface area contributed by atoms with Gasteiger partial charge < -0.3 is 15.1 Å². The minimum Gasteiger partial charge on any atom is -0.335 e. The van der Waals surface area contributed by atoms with Gasteiger partial charge in [0, 0.05) is 38.8 Å². The summed E-state index contributed by atoms with van der Waals surface area (Å²) in [5.74, 6) is 0. The lowest BCUT2D eigenvalue weighted by Gasteiger charge is -2.36. The number of likely N-dealkylation sites (tertiary alicyclic amines) is 2. The lowest BCUT2D eigenvalue weighted by molar-refractivity contribution is 0.149. The van der Waals surface area contributed by atoms with Crippen molar-refractivity contribution < 1.29 is 4.79 Å². The molecular formula is C21H30N6O. The van der Waals surface area contributed by atoms with E-state index in [1.807, 2.05) is 9.58 Å². The van der Waals surface area contributed by atoms with Crippen molar-refractivity contribution in [3.63, 3.8) is 0 Å². The van der Waals surface area contributed by atoms with E-state index in [1.54, 1.807) is 12.7 Å². The Morgan fingerprint density at radius 3 is 2.68 bits per heavy atom. The Hall–Kier alpha value is -2.41. The standard InChI is InChI=1S/C21H30N6O/c28-21(26-11-4-7-20(15-26)27-17-22-16-23-27)24-19-9-13-25(14-10-19)12-8-18-5-2-1-3-6-18/h1-3,5-6,16-17,19-20H,4,7-15H2,(H,24,28). The number of carbonyl (C=O) groups is 1. The number of hydrogen-bond acceptors (Lipinski definition) is 4. The van der Waals surface area contributed by atoms with Crippen LogP contribution in [0.15, 0.2) is 43.0 Å². The summed E-state index contributed by atoms with van der Waals surface area (Å²) in [5.41, 5.74) is 1.39. The first-order chi connectivity index (χ1) is 13.8. The maximum Gasteiger partial charge on any atom is 0.317 e. The molecule has 0 spiro atoms. The highest BCUT2D eigenvalue weighted by atomic mass is 16.2. The van der Waals surface area contributed by atoms with Crippen LogP contribution in [0.4, 0.5) is 4.79 Å². The van der Waals surface area contributed by atoms with Gasteiger partial charge in [-0.05, 0) is 37.7 Å². The Morgan fingerprint density at radius 2 is 1.93 bits per heavy atom. The van der Waals surface area contributed by atoms with Gasteiger partial charge in [-0.3, -0.25) is 0 Å². The summed E-state index contributed by atoms with van der Waals surface area (Å²) in [7, 11) is 0. The highest BCUT2D eigenvalue weighted by Crippen LogP contribution is 2.20. The van der Waals surface area contributed by atoms with E-state index in [2.05, 4.69) is 50.6 Å². The van der Waals surface area contributed by atoms with Gasteiger partial charge in [0.1, 0.15) is 12.7 Å². The van der Waals surface area contributed by atoms with Gasteiger partial charge in [0.15, 0.2) is 0 Å². The van der Waals surface area contributed by atoms with Crippen molar-refractivity contribution in [2.45, 2.75) is 44.2 Å². The van der Waals surface area contributed by atoms with Crippen molar-refractivity contribution in [3.05, 3.63) is 48.5 Å². The van der Waals surface area contributed by atoms with Gasteiger partial charge in [-0.2, -0.15) is 5.10 Å². The molecule has 0 aliphatic carbocycles. The van der Waals surface area contributed by atoms with E-state index >= 15 is 0 Å². The Balaban J connectivity index is 1.19. The summed E-state index contributed by atoms with van der Waals surface area (Å²) in [6.07, 6.45) is 8.52. The van der Waals surface area contributed by atoms with Crippen LogP contribution >= 0.6 is 0 Å². The minimum absolute atomic E-state index is 0.0764. The van der Waals surface area contributed by atoms with Gasteiger partial charge in [0.2, 0.25) is 0 Å². The largest absolute Gasteiger partial charge is 0.335 e. The van der Waals surface area contributed by atoms with Crippen LogP contribution in [0.2, 0.25) is 0 Å². The van der Waals surface area contributed by atoms with E-state index < -0.39 is 0 Å². The van der Waals surface area contributed by atoms with E-state index in [0.29, 0.717) is 6.54 Å². The molecule has 1 aromatic heterocycles. The fourth-order valence-electron chi connectivity index (χ4n) is 4.26. The molecule has 4 rings (SSSR count). The highest BCUT2D eigenvalue weighted by molar-refractivity contribution is 5.74. The fraction of sp³-hybridized carbons (Fsp3) is 0.571. The Kier molecular flexibility index (Phi) is 6.21. The predicted molar refractivity (Wildman–Crippen MR) is 108 cm³/mol. The maximum atomic E-state index is 12.7. The molecule has 0 radical (unpaired) electrons. The fourth-order valence-corrected chi connectivity index (χ4v) is 4.26. The molecule has 2 amide bonds. The van der Waals surface area contributed by atoms with Gasteiger partial charge in [-0.25, -0.2) is 14.5 Å². The van der Waals surface area contributed by atoms with Gasteiger partial charge in [0.25, 0.3) is 0 Å². The molecule has 3 heterocycles. The second kappa shape index (κ2) is 9.19. The van der Waals surface area contributed by atoms with Gasteiger partial charge in [-0.1, -0.05) is 30.3 Å². The molecule has 2 fully saturated rings. The zero-order chi connectivity index (χ0) is 19.2. The van der Waals surface area contributed by atoms with Crippen molar-refractivity contribution in [1.82, 2.24) is 29.9 Å². The summed E-state index contributed by atoms with van der Waals surface area (Å²) in [4.78, 5) is 21.2. The zero-order valence-electron chi connectivity index (χ0n) is 16.4. The van der Waals surface area contributed by atoms with E-state index in [0.717, 1.165) is 58.3 Å². The first-order valence-electron chi connectivity index (χ1n) is 10.4. The molecule has 2 aromatic rings. The lowest BCUT2D eigenvalue weighted by Crippen LogP contribution is -2.51. The highest BCUT2D eigenvalue weighted by Gasteiger charge is 2.27. The number of nitrogens with zero attached hydrogens (tertiary/aromatic N) is 5. The minimum atomic E-state index is 0.0764. The van der Waals surface area contributed by atoms with Crippen molar-refractivity contribution in [2.75, 3.05) is 32.7 Å². The van der Waals surface area contributed by atoms with E-state index in [-0.39, 0.29) is 18.1 Å². The van der Waals surface area contributed by atoms with Crippen LogP contribution in [0.3, 0.4) is 0 Å². The van der Waals surface area contributed by atoms with Crippen LogP contribution in [-0.2, 0) is 6.42 Å². The molecule has 2 aliphatic heterocycles. The Morgan fingerprint density at radius 1 is 1.11 bits per heavy atom. The van der Waals surface area contributed by atoms with Crippen LogP contribution in [0.25, 0.3) is 0 Å². The summed E-state index contributed by atoms with van der Waals surface area (Å²) in [6.45, 7) is 4.74. The molecule has 2 saturated heterocycles. The molecule has 2 aliphatic rings. The number of piperidine rings is 2. The summed E-state index contributed by atoms with van der Waals surface area (Å²) >= 11 is 0. The molecule has 1 N–H and O–H groups in total. The number of nitrogens with one attached hydrogen (secondary N) is 1. The van der Waals surface area contributed by atoms with E-state index in [4.69, 9.17) is 0 Å². The number of benzene rings is 1. The van der Waals surface area contributed by atoms with E-state index in [1.165, 1.54) is 5.56 Å². The molecule has 1 aromatic carbocycles. The molecule has 1 unspecified atom stereocenters. The summed E-state index contributed by atoms with van der Waals surface area (Å²) in [6, 6.07) is 11.3. The Bertz CT molecular complexity index is 727. The predicted octanol–water partition coefficient (Wildman–Crippen LogP) is 2.33. The van der Waals surface area contributed by atoms with Crippen LogP contribution in [0, 0.1) is 0 Å².